The normalized spacial score (nSPS) is 19.2. The molecule has 26 heavy (non-hydrogen) atoms. The molecule has 0 fully saturated rings. The zero-order valence-electron chi connectivity index (χ0n) is 14.5. The molecule has 1 aliphatic rings. The van der Waals surface area contributed by atoms with Crippen molar-refractivity contribution < 1.29 is 0 Å². The van der Waals surface area contributed by atoms with Gasteiger partial charge in [-0.1, -0.05) is 54.6 Å². The molecule has 0 aliphatic heterocycles. The molecule has 0 radical (unpaired) electrons. The minimum absolute atomic E-state index is 0.304. The van der Waals surface area contributed by atoms with Gasteiger partial charge in [0.05, 0.1) is 0 Å². The summed E-state index contributed by atoms with van der Waals surface area (Å²) in [6, 6.07) is 25.9. The largest absolute Gasteiger partial charge is 0.366 e. The van der Waals surface area contributed by atoms with Crippen molar-refractivity contribution in [1.82, 2.24) is 9.97 Å². The van der Waals surface area contributed by atoms with Crippen molar-refractivity contribution in [1.29, 1.82) is 0 Å². The highest BCUT2D eigenvalue weighted by molar-refractivity contribution is 5.86. The predicted octanol–water partition coefficient (Wildman–Crippen LogP) is 5.12. The summed E-state index contributed by atoms with van der Waals surface area (Å²) < 4.78 is 0. The van der Waals surface area contributed by atoms with Gasteiger partial charge in [0, 0.05) is 34.8 Å². The fraction of sp³-hybridized carbons (Fsp3) is 0.174. The van der Waals surface area contributed by atoms with Crippen molar-refractivity contribution in [3.63, 3.8) is 0 Å². The fourth-order valence-electron chi connectivity index (χ4n) is 4.29. The van der Waals surface area contributed by atoms with E-state index in [1.165, 1.54) is 27.7 Å². The number of hydrogen-bond acceptors (Lipinski definition) is 2. The topological polar surface area (TPSA) is 40.7 Å². The highest BCUT2D eigenvalue weighted by atomic mass is 15.0. The molecule has 0 bridgehead atoms. The SMILES string of the molecule is c1ccc(C2c3c([nH]c4ccccc34)CCC2Nc2ccccn2)cc1. The molecule has 0 saturated carbocycles. The van der Waals surface area contributed by atoms with Gasteiger partial charge in [-0.2, -0.15) is 0 Å². The van der Waals surface area contributed by atoms with Crippen LogP contribution in [-0.4, -0.2) is 16.0 Å². The lowest BCUT2D eigenvalue weighted by atomic mass is 9.77. The van der Waals surface area contributed by atoms with Gasteiger partial charge in [0.25, 0.3) is 0 Å². The summed E-state index contributed by atoms with van der Waals surface area (Å²) in [4.78, 5) is 8.14. The maximum atomic E-state index is 4.49. The van der Waals surface area contributed by atoms with Gasteiger partial charge in [-0.15, -0.1) is 0 Å². The zero-order chi connectivity index (χ0) is 17.3. The van der Waals surface area contributed by atoms with Crippen LogP contribution in [0.2, 0.25) is 0 Å². The van der Waals surface area contributed by atoms with Gasteiger partial charge >= 0.3 is 0 Å². The standard InChI is InChI=1S/C23H21N3/c1-2-8-16(9-3-1)22-19(26-21-12-6-7-15-24-21)13-14-20-23(22)17-10-4-5-11-18(17)25-20/h1-12,15,19,22,25H,13-14H2,(H,24,26). The monoisotopic (exact) mass is 339 g/mol. The van der Waals surface area contributed by atoms with Crippen molar-refractivity contribution >= 4 is 16.7 Å². The maximum absolute atomic E-state index is 4.49. The molecule has 4 aromatic rings. The van der Waals surface area contributed by atoms with E-state index in [2.05, 4.69) is 69.9 Å². The van der Waals surface area contributed by atoms with E-state index >= 15 is 0 Å². The number of rotatable bonds is 3. The third kappa shape index (κ3) is 2.57. The zero-order valence-corrected chi connectivity index (χ0v) is 14.5. The van der Waals surface area contributed by atoms with Gasteiger partial charge in [0.15, 0.2) is 0 Å². The van der Waals surface area contributed by atoms with Gasteiger partial charge in [-0.25, -0.2) is 4.98 Å². The van der Waals surface area contributed by atoms with Crippen LogP contribution < -0.4 is 5.32 Å². The number of nitrogens with one attached hydrogen (secondary N) is 2. The summed E-state index contributed by atoms with van der Waals surface area (Å²) in [5, 5.41) is 5.04. The number of anilines is 1. The number of aryl methyl sites for hydroxylation is 1. The summed E-state index contributed by atoms with van der Waals surface area (Å²) in [5.41, 5.74) is 5.40. The molecular formula is C23H21N3. The van der Waals surface area contributed by atoms with Crippen LogP contribution in [0.25, 0.3) is 10.9 Å². The Morgan fingerprint density at radius 3 is 2.54 bits per heavy atom. The number of para-hydroxylation sites is 1. The lowest BCUT2D eigenvalue weighted by Crippen LogP contribution is -2.33. The highest BCUT2D eigenvalue weighted by Gasteiger charge is 2.33. The summed E-state index contributed by atoms with van der Waals surface area (Å²) in [5.74, 6) is 1.25. The number of benzene rings is 2. The molecule has 128 valence electrons. The molecule has 1 aliphatic carbocycles. The van der Waals surface area contributed by atoms with Crippen molar-refractivity contribution in [3.05, 3.63) is 95.8 Å². The number of H-pyrrole nitrogens is 1. The van der Waals surface area contributed by atoms with Crippen LogP contribution in [0.5, 0.6) is 0 Å². The molecule has 2 N–H and O–H groups in total. The Hall–Kier alpha value is -3.07. The number of nitrogens with zero attached hydrogens (tertiary/aromatic N) is 1. The third-order valence-corrected chi connectivity index (χ3v) is 5.40. The molecule has 2 atom stereocenters. The average molecular weight is 339 g/mol. The Morgan fingerprint density at radius 2 is 1.69 bits per heavy atom. The molecule has 2 aromatic carbocycles. The molecule has 0 amide bonds. The average Bonchev–Trinajstić information content (AvgIpc) is 3.08. The number of pyridine rings is 1. The van der Waals surface area contributed by atoms with Crippen LogP contribution in [0.4, 0.5) is 5.82 Å². The Morgan fingerprint density at radius 1 is 0.885 bits per heavy atom. The predicted molar refractivity (Wildman–Crippen MR) is 107 cm³/mol. The quantitative estimate of drug-likeness (QED) is 0.544. The molecule has 0 saturated heterocycles. The Balaban J connectivity index is 1.65. The molecule has 2 aromatic heterocycles. The van der Waals surface area contributed by atoms with E-state index in [9.17, 15) is 0 Å². The lowest BCUT2D eigenvalue weighted by molar-refractivity contribution is 0.547. The van der Waals surface area contributed by atoms with Crippen molar-refractivity contribution in [2.24, 2.45) is 0 Å². The molecule has 5 rings (SSSR count). The first-order chi connectivity index (χ1) is 12.9. The highest BCUT2D eigenvalue weighted by Crippen LogP contribution is 2.42. The van der Waals surface area contributed by atoms with Gasteiger partial charge in [-0.3, -0.25) is 0 Å². The fourth-order valence-corrected chi connectivity index (χ4v) is 4.29. The number of aromatic nitrogens is 2. The van der Waals surface area contributed by atoms with E-state index in [-0.39, 0.29) is 0 Å². The summed E-state index contributed by atoms with van der Waals surface area (Å²) in [6.07, 6.45) is 3.98. The second-order valence-electron chi connectivity index (χ2n) is 6.96. The van der Waals surface area contributed by atoms with Gasteiger partial charge < -0.3 is 10.3 Å². The summed E-state index contributed by atoms with van der Waals surface area (Å²) in [6.45, 7) is 0. The first-order valence-corrected chi connectivity index (χ1v) is 9.22. The van der Waals surface area contributed by atoms with Crippen LogP contribution in [-0.2, 0) is 6.42 Å². The van der Waals surface area contributed by atoms with E-state index in [0.717, 1.165) is 18.7 Å². The van der Waals surface area contributed by atoms with Crippen LogP contribution in [0.3, 0.4) is 0 Å². The van der Waals surface area contributed by atoms with Crippen LogP contribution >= 0.6 is 0 Å². The van der Waals surface area contributed by atoms with E-state index < -0.39 is 0 Å². The van der Waals surface area contributed by atoms with Crippen LogP contribution in [0.15, 0.2) is 79.0 Å². The van der Waals surface area contributed by atoms with Gasteiger partial charge in [0.1, 0.15) is 5.82 Å². The van der Waals surface area contributed by atoms with Crippen molar-refractivity contribution in [2.45, 2.75) is 24.8 Å². The first-order valence-electron chi connectivity index (χ1n) is 9.22. The van der Waals surface area contributed by atoms with Crippen molar-refractivity contribution in [3.8, 4) is 0 Å². The minimum atomic E-state index is 0.304. The number of aromatic amines is 1. The van der Waals surface area contributed by atoms with Gasteiger partial charge in [-0.05, 0) is 42.2 Å². The molecule has 2 heterocycles. The second-order valence-corrected chi connectivity index (χ2v) is 6.96. The van der Waals surface area contributed by atoms with E-state index in [1.54, 1.807) is 0 Å². The molecule has 2 unspecified atom stereocenters. The second kappa shape index (κ2) is 6.34. The summed E-state index contributed by atoms with van der Waals surface area (Å²) >= 11 is 0. The third-order valence-electron chi connectivity index (χ3n) is 5.40. The van der Waals surface area contributed by atoms with Gasteiger partial charge in [0.2, 0.25) is 0 Å². The van der Waals surface area contributed by atoms with Crippen LogP contribution in [0.1, 0.15) is 29.2 Å². The Labute approximate surface area is 153 Å². The smallest absolute Gasteiger partial charge is 0.126 e. The van der Waals surface area contributed by atoms with E-state index in [0.29, 0.717) is 12.0 Å². The maximum Gasteiger partial charge on any atom is 0.126 e. The van der Waals surface area contributed by atoms with Crippen molar-refractivity contribution in [2.75, 3.05) is 5.32 Å². The minimum Gasteiger partial charge on any atom is -0.366 e. The molecule has 3 heteroatoms. The van der Waals surface area contributed by atoms with E-state index in [4.69, 9.17) is 0 Å². The molecule has 0 spiro atoms. The lowest BCUT2D eigenvalue weighted by Gasteiger charge is -2.33. The Kier molecular flexibility index (Phi) is 3.71. The first kappa shape index (κ1) is 15.2. The molecule has 3 nitrogen and oxygen atoms in total. The van der Waals surface area contributed by atoms with E-state index in [1.807, 2.05) is 24.4 Å². The molecular weight excluding hydrogens is 318 g/mol. The summed E-state index contributed by atoms with van der Waals surface area (Å²) in [7, 11) is 0. The Bertz CT molecular complexity index is 1020. The number of hydrogen-bond donors (Lipinski definition) is 2. The number of fused-ring (bicyclic) bond motifs is 3. The van der Waals surface area contributed by atoms with Crippen LogP contribution in [0, 0.1) is 0 Å².